The fraction of sp³-hybridized carbons (Fsp3) is 0.222. The molecule has 0 spiro atoms. The van der Waals surface area contributed by atoms with Gasteiger partial charge >= 0.3 is 5.97 Å². The molecule has 3 aromatic rings. The molecule has 0 saturated carbocycles. The van der Waals surface area contributed by atoms with Crippen molar-refractivity contribution < 1.29 is 19.1 Å². The number of rotatable bonds is 8. The molecule has 0 aliphatic carbocycles. The van der Waals surface area contributed by atoms with Gasteiger partial charge in [-0.1, -0.05) is 66.7 Å². The van der Waals surface area contributed by atoms with Crippen LogP contribution in [0.1, 0.15) is 36.6 Å². The van der Waals surface area contributed by atoms with Crippen LogP contribution in [0.3, 0.4) is 0 Å². The van der Waals surface area contributed by atoms with Gasteiger partial charge in [-0.25, -0.2) is 4.79 Å². The first-order chi connectivity index (χ1) is 16.6. The third-order valence-electron chi connectivity index (χ3n) is 5.67. The number of anilines is 1. The lowest BCUT2D eigenvalue weighted by Gasteiger charge is -2.23. The van der Waals surface area contributed by atoms with E-state index in [0.29, 0.717) is 12.2 Å². The smallest absolute Gasteiger partial charge is 0.355 e. The molecule has 1 amide bonds. The number of hydrogen-bond donors (Lipinski definition) is 1. The van der Waals surface area contributed by atoms with Crippen LogP contribution in [0.15, 0.2) is 90.0 Å². The van der Waals surface area contributed by atoms with Crippen molar-refractivity contribution >= 4 is 23.3 Å². The quantitative estimate of drug-likeness (QED) is 0.507. The Bertz CT molecular complexity index is 1160. The minimum absolute atomic E-state index is 0.134. The Morgan fingerprint density at radius 3 is 2.35 bits per heavy atom. The minimum Gasteiger partial charge on any atom is -0.496 e. The van der Waals surface area contributed by atoms with Gasteiger partial charge in [-0.3, -0.25) is 9.80 Å². The van der Waals surface area contributed by atoms with Crippen molar-refractivity contribution in [1.29, 1.82) is 0 Å². The number of esters is 1. The summed E-state index contributed by atoms with van der Waals surface area (Å²) in [4.78, 5) is 25.2. The fourth-order valence-electron chi connectivity index (χ4n) is 3.99. The molecule has 0 saturated heterocycles. The van der Waals surface area contributed by atoms with E-state index in [4.69, 9.17) is 9.47 Å². The molecule has 174 valence electrons. The summed E-state index contributed by atoms with van der Waals surface area (Å²) in [5.41, 5.74) is 3.04. The molecule has 0 fully saturated rings. The van der Waals surface area contributed by atoms with Gasteiger partial charge in [0.25, 0.3) is 5.91 Å². The van der Waals surface area contributed by atoms with E-state index in [0.717, 1.165) is 16.8 Å². The van der Waals surface area contributed by atoms with Crippen LogP contribution in [0, 0.1) is 0 Å². The average Bonchev–Trinajstić information content (AvgIpc) is 3.34. The summed E-state index contributed by atoms with van der Waals surface area (Å²) in [5.74, 6) is -0.315. The molecule has 1 N–H and O–H groups in total. The van der Waals surface area contributed by atoms with Gasteiger partial charge < -0.3 is 14.8 Å². The standard InChI is InChI=1S/C27H27N3O4/c1-19(22-15-9-10-16-25(22)33-2)28-26(31)18-34-27(32)23-17-24(20-11-5-3-6-12-20)30(29-23)21-13-7-4-8-14-21/h3-16,19,24H,17-18H2,1-2H3,(H,28,31). The van der Waals surface area contributed by atoms with Gasteiger partial charge in [-0.05, 0) is 30.7 Å². The van der Waals surface area contributed by atoms with E-state index < -0.39 is 18.5 Å². The van der Waals surface area contributed by atoms with Crippen LogP contribution in [0.4, 0.5) is 5.69 Å². The second-order valence-corrected chi connectivity index (χ2v) is 7.96. The summed E-state index contributed by atoms with van der Waals surface area (Å²) >= 11 is 0. The van der Waals surface area contributed by atoms with Crippen LogP contribution in [0.2, 0.25) is 0 Å². The zero-order chi connectivity index (χ0) is 23.9. The maximum atomic E-state index is 12.8. The molecular weight excluding hydrogens is 430 g/mol. The van der Waals surface area contributed by atoms with E-state index in [1.807, 2.05) is 96.9 Å². The highest BCUT2D eigenvalue weighted by atomic mass is 16.5. The van der Waals surface area contributed by atoms with Gasteiger partial charge in [0.1, 0.15) is 11.5 Å². The Morgan fingerprint density at radius 1 is 1.00 bits per heavy atom. The van der Waals surface area contributed by atoms with E-state index >= 15 is 0 Å². The molecule has 0 bridgehead atoms. The molecule has 1 heterocycles. The number of nitrogens with zero attached hydrogens (tertiary/aromatic N) is 2. The maximum absolute atomic E-state index is 12.8. The van der Waals surface area contributed by atoms with Crippen LogP contribution < -0.4 is 15.1 Å². The van der Waals surface area contributed by atoms with Crippen LogP contribution in [-0.2, 0) is 14.3 Å². The predicted molar refractivity (Wildman–Crippen MR) is 131 cm³/mol. The number of carbonyl (C=O) groups excluding carboxylic acids is 2. The Kier molecular flexibility index (Phi) is 7.22. The lowest BCUT2D eigenvalue weighted by molar-refractivity contribution is -0.142. The van der Waals surface area contributed by atoms with Crippen molar-refractivity contribution in [3.05, 3.63) is 96.1 Å². The molecule has 2 unspecified atom stereocenters. The van der Waals surface area contributed by atoms with Gasteiger partial charge in [-0.15, -0.1) is 0 Å². The molecule has 0 radical (unpaired) electrons. The van der Waals surface area contributed by atoms with Crippen molar-refractivity contribution in [3.63, 3.8) is 0 Å². The zero-order valence-electron chi connectivity index (χ0n) is 19.2. The predicted octanol–water partition coefficient (Wildman–Crippen LogP) is 4.42. The second kappa shape index (κ2) is 10.7. The molecule has 2 atom stereocenters. The molecule has 7 nitrogen and oxygen atoms in total. The summed E-state index contributed by atoms with van der Waals surface area (Å²) < 4.78 is 10.7. The van der Waals surface area contributed by atoms with E-state index in [1.165, 1.54) is 0 Å². The Morgan fingerprint density at radius 2 is 1.65 bits per heavy atom. The number of amides is 1. The third kappa shape index (κ3) is 5.26. The number of hydrazone groups is 1. The lowest BCUT2D eigenvalue weighted by atomic mass is 10.0. The molecule has 0 aromatic heterocycles. The number of ether oxygens (including phenoxy) is 2. The molecule has 7 heteroatoms. The van der Waals surface area contributed by atoms with Gasteiger partial charge in [0.15, 0.2) is 6.61 Å². The second-order valence-electron chi connectivity index (χ2n) is 7.96. The van der Waals surface area contributed by atoms with Crippen molar-refractivity contribution in [2.75, 3.05) is 18.7 Å². The number of methoxy groups -OCH3 is 1. The van der Waals surface area contributed by atoms with Crippen LogP contribution in [-0.4, -0.2) is 31.3 Å². The highest BCUT2D eigenvalue weighted by Crippen LogP contribution is 2.35. The largest absolute Gasteiger partial charge is 0.496 e. The topological polar surface area (TPSA) is 80.2 Å². The summed E-state index contributed by atoms with van der Waals surface area (Å²) in [6.07, 6.45) is 0.386. The number of carbonyl (C=O) groups is 2. The van der Waals surface area contributed by atoms with E-state index in [2.05, 4.69) is 10.4 Å². The first-order valence-electron chi connectivity index (χ1n) is 11.1. The number of hydrogen-bond acceptors (Lipinski definition) is 6. The zero-order valence-corrected chi connectivity index (χ0v) is 19.2. The average molecular weight is 458 g/mol. The fourth-order valence-corrected chi connectivity index (χ4v) is 3.99. The lowest BCUT2D eigenvalue weighted by Crippen LogP contribution is -2.32. The number of para-hydroxylation sites is 2. The minimum atomic E-state index is -0.598. The SMILES string of the molecule is COc1ccccc1C(C)NC(=O)COC(=O)C1=NN(c2ccccc2)C(c2ccccc2)C1. The maximum Gasteiger partial charge on any atom is 0.355 e. The molecule has 1 aliphatic heterocycles. The number of benzene rings is 3. The summed E-state index contributed by atoms with van der Waals surface area (Å²) in [7, 11) is 1.58. The third-order valence-corrected chi connectivity index (χ3v) is 5.67. The summed E-state index contributed by atoms with van der Waals surface area (Å²) in [6.45, 7) is 1.46. The van der Waals surface area contributed by atoms with Gasteiger partial charge in [0.05, 0.1) is 24.9 Å². The van der Waals surface area contributed by atoms with Gasteiger partial charge in [-0.2, -0.15) is 5.10 Å². The Labute approximate surface area is 199 Å². The first kappa shape index (κ1) is 23.0. The van der Waals surface area contributed by atoms with E-state index in [1.54, 1.807) is 7.11 Å². The molecule has 34 heavy (non-hydrogen) atoms. The van der Waals surface area contributed by atoms with Crippen LogP contribution in [0.25, 0.3) is 0 Å². The summed E-state index contributed by atoms with van der Waals surface area (Å²) in [5, 5.41) is 9.22. The Hall–Kier alpha value is -4.13. The highest BCUT2D eigenvalue weighted by Gasteiger charge is 2.33. The highest BCUT2D eigenvalue weighted by molar-refractivity contribution is 6.37. The van der Waals surface area contributed by atoms with E-state index in [9.17, 15) is 9.59 Å². The van der Waals surface area contributed by atoms with Gasteiger partial charge in [0, 0.05) is 12.0 Å². The van der Waals surface area contributed by atoms with Crippen LogP contribution >= 0.6 is 0 Å². The first-order valence-corrected chi connectivity index (χ1v) is 11.1. The van der Waals surface area contributed by atoms with Gasteiger partial charge in [0.2, 0.25) is 0 Å². The normalized spacial score (nSPS) is 15.9. The molecule has 4 rings (SSSR count). The van der Waals surface area contributed by atoms with Crippen molar-refractivity contribution in [2.24, 2.45) is 5.10 Å². The van der Waals surface area contributed by atoms with Crippen molar-refractivity contribution in [2.45, 2.75) is 25.4 Å². The molecule has 1 aliphatic rings. The molecule has 3 aromatic carbocycles. The number of nitrogens with one attached hydrogen (secondary N) is 1. The van der Waals surface area contributed by atoms with Crippen LogP contribution in [0.5, 0.6) is 5.75 Å². The van der Waals surface area contributed by atoms with Crippen molar-refractivity contribution in [3.8, 4) is 5.75 Å². The van der Waals surface area contributed by atoms with E-state index in [-0.39, 0.29) is 17.8 Å². The Balaban J connectivity index is 1.41. The summed E-state index contributed by atoms with van der Waals surface area (Å²) in [6, 6.07) is 26.6. The molecular formula is C27H27N3O4. The monoisotopic (exact) mass is 457 g/mol. The van der Waals surface area contributed by atoms with Crippen molar-refractivity contribution in [1.82, 2.24) is 5.32 Å².